The van der Waals surface area contributed by atoms with Crippen LogP contribution in [0, 0.1) is 0 Å². The first-order valence-electron chi connectivity index (χ1n) is 5.83. The second kappa shape index (κ2) is 7.25. The number of halogens is 1. The molecular weight excluding hydrogens is 343 g/mol. The molecule has 0 saturated heterocycles. The van der Waals surface area contributed by atoms with Crippen molar-refractivity contribution in [1.82, 2.24) is 0 Å². The zero-order valence-corrected chi connectivity index (χ0v) is 12.9. The number of carbonyl (C=O) groups excluding carboxylic acids is 2. The summed E-state index contributed by atoms with van der Waals surface area (Å²) in [5.74, 6) is 0.103. The number of hydrogen-bond donors (Lipinski definition) is 0. The molecule has 0 aromatic heterocycles. The van der Waals surface area contributed by atoms with Crippen LogP contribution in [0.15, 0.2) is 54.6 Å². The van der Waals surface area contributed by atoms with Crippen LogP contribution >= 0.6 is 11.6 Å². The summed E-state index contributed by atoms with van der Waals surface area (Å²) in [5, 5.41) is 0.695. The molecule has 20 heavy (non-hydrogen) atoms. The van der Waals surface area contributed by atoms with Gasteiger partial charge in [-0.25, -0.2) is 0 Å². The molecular formula is C15H11ClO3Se. The quantitative estimate of drug-likeness (QED) is 0.471. The molecule has 0 N–H and O–H groups in total. The van der Waals surface area contributed by atoms with E-state index in [1.54, 1.807) is 48.5 Å². The molecule has 5 heteroatoms. The average Bonchev–Trinajstić information content (AvgIpc) is 2.46. The number of benzene rings is 2. The third-order valence-corrected chi connectivity index (χ3v) is 4.47. The Morgan fingerprint density at radius 3 is 2.30 bits per heavy atom. The van der Waals surface area contributed by atoms with Crippen molar-refractivity contribution >= 4 is 37.2 Å². The summed E-state index contributed by atoms with van der Waals surface area (Å²) in [6.07, 6.45) is 0. The third-order valence-electron chi connectivity index (χ3n) is 2.38. The van der Waals surface area contributed by atoms with Gasteiger partial charge in [0.25, 0.3) is 0 Å². The van der Waals surface area contributed by atoms with E-state index in [2.05, 4.69) is 0 Å². The Bertz CT molecular complexity index is 596. The van der Waals surface area contributed by atoms with Gasteiger partial charge in [-0.1, -0.05) is 0 Å². The standard InChI is InChI=1S/C15H11ClO3Se/c16-12-8-6-11(7-9-12)15(18)20-10-14(17)19-13-4-2-1-3-5-13/h1-9H,10H2. The molecule has 2 rings (SSSR count). The number of esters is 1. The van der Waals surface area contributed by atoms with Crippen LogP contribution in [-0.2, 0) is 4.79 Å². The molecule has 2 aromatic rings. The summed E-state index contributed by atoms with van der Waals surface area (Å²) >= 11 is 5.28. The molecule has 0 saturated carbocycles. The molecule has 2 aromatic carbocycles. The number of carbonyl (C=O) groups is 2. The van der Waals surface area contributed by atoms with Crippen molar-refractivity contribution in [1.29, 1.82) is 0 Å². The van der Waals surface area contributed by atoms with E-state index in [0.29, 0.717) is 16.3 Å². The van der Waals surface area contributed by atoms with Crippen molar-refractivity contribution in [3.05, 3.63) is 65.2 Å². The molecule has 0 unspecified atom stereocenters. The van der Waals surface area contributed by atoms with Crippen molar-refractivity contribution in [2.45, 2.75) is 5.32 Å². The molecule has 0 heterocycles. The van der Waals surface area contributed by atoms with Crippen molar-refractivity contribution in [3.63, 3.8) is 0 Å². The molecule has 0 bridgehead atoms. The Morgan fingerprint density at radius 2 is 1.65 bits per heavy atom. The van der Waals surface area contributed by atoms with Crippen LogP contribution in [0.25, 0.3) is 0 Å². The van der Waals surface area contributed by atoms with Gasteiger partial charge in [-0.15, -0.1) is 0 Å². The summed E-state index contributed by atoms with van der Waals surface area (Å²) in [4.78, 5) is 23.5. The van der Waals surface area contributed by atoms with Gasteiger partial charge in [-0.2, -0.15) is 0 Å². The van der Waals surface area contributed by atoms with Crippen molar-refractivity contribution < 1.29 is 14.3 Å². The van der Waals surface area contributed by atoms with Gasteiger partial charge >= 0.3 is 128 Å². The second-order valence-electron chi connectivity index (χ2n) is 3.87. The van der Waals surface area contributed by atoms with Crippen LogP contribution in [0.4, 0.5) is 0 Å². The van der Waals surface area contributed by atoms with Crippen molar-refractivity contribution in [3.8, 4) is 5.75 Å². The average molecular weight is 354 g/mol. The van der Waals surface area contributed by atoms with Gasteiger partial charge in [0.1, 0.15) is 0 Å². The second-order valence-corrected chi connectivity index (χ2v) is 6.30. The predicted molar refractivity (Wildman–Crippen MR) is 78.4 cm³/mol. The first-order valence-corrected chi connectivity index (χ1v) is 8.28. The Morgan fingerprint density at radius 1 is 1.00 bits per heavy atom. The van der Waals surface area contributed by atoms with Crippen LogP contribution in [0.3, 0.4) is 0 Å². The van der Waals surface area contributed by atoms with E-state index in [9.17, 15) is 9.59 Å². The van der Waals surface area contributed by atoms with E-state index >= 15 is 0 Å². The van der Waals surface area contributed by atoms with Gasteiger partial charge in [-0.3, -0.25) is 0 Å². The van der Waals surface area contributed by atoms with Gasteiger partial charge in [0.15, 0.2) is 0 Å². The van der Waals surface area contributed by atoms with E-state index in [-0.39, 0.29) is 10.0 Å². The van der Waals surface area contributed by atoms with E-state index < -0.39 is 20.9 Å². The number of rotatable bonds is 5. The molecule has 0 aliphatic carbocycles. The fraction of sp³-hybridized carbons (Fsp3) is 0.0667. The molecule has 0 aliphatic rings. The van der Waals surface area contributed by atoms with Crippen LogP contribution in [-0.4, -0.2) is 25.6 Å². The Labute approximate surface area is 128 Å². The first kappa shape index (κ1) is 14.8. The molecule has 102 valence electrons. The zero-order valence-electron chi connectivity index (χ0n) is 10.4. The minimum absolute atomic E-state index is 0.0424. The van der Waals surface area contributed by atoms with Gasteiger partial charge in [0.2, 0.25) is 0 Å². The Hall–Kier alpha value is -1.61. The molecule has 0 fully saturated rings. The fourth-order valence-corrected chi connectivity index (χ4v) is 2.85. The Kier molecular flexibility index (Phi) is 5.36. The van der Waals surface area contributed by atoms with E-state index in [0.717, 1.165) is 0 Å². The summed E-state index contributed by atoms with van der Waals surface area (Å²) < 4.78 is 5.08. The van der Waals surface area contributed by atoms with Crippen molar-refractivity contribution in [2.24, 2.45) is 0 Å². The van der Waals surface area contributed by atoms with E-state index in [1.807, 2.05) is 6.07 Å². The number of para-hydroxylation sites is 1. The van der Waals surface area contributed by atoms with Crippen LogP contribution < -0.4 is 4.74 Å². The zero-order chi connectivity index (χ0) is 14.4. The SMILES string of the molecule is O=C(C[Se]C(=O)c1ccc(Cl)cc1)Oc1ccccc1. The maximum absolute atomic E-state index is 11.9. The van der Waals surface area contributed by atoms with Crippen LogP contribution in [0.2, 0.25) is 10.3 Å². The molecule has 0 radical (unpaired) electrons. The third kappa shape index (κ3) is 4.49. The van der Waals surface area contributed by atoms with Gasteiger partial charge in [-0.05, 0) is 0 Å². The predicted octanol–water partition coefficient (Wildman–Crippen LogP) is 3.21. The molecule has 0 amide bonds. The summed E-state index contributed by atoms with van der Waals surface area (Å²) in [7, 11) is 0. The molecule has 0 spiro atoms. The number of ether oxygens (including phenoxy) is 1. The van der Waals surface area contributed by atoms with Gasteiger partial charge < -0.3 is 0 Å². The summed E-state index contributed by atoms with van der Waals surface area (Å²) in [6, 6.07) is 15.5. The first-order chi connectivity index (χ1) is 9.65. The van der Waals surface area contributed by atoms with E-state index in [1.165, 1.54) is 0 Å². The Balaban J connectivity index is 1.84. The maximum atomic E-state index is 11.9. The monoisotopic (exact) mass is 354 g/mol. The van der Waals surface area contributed by atoms with Gasteiger partial charge in [0.05, 0.1) is 0 Å². The van der Waals surface area contributed by atoms with Crippen LogP contribution in [0.5, 0.6) is 5.75 Å². The molecule has 0 atom stereocenters. The van der Waals surface area contributed by atoms with E-state index in [4.69, 9.17) is 16.3 Å². The van der Waals surface area contributed by atoms with Crippen LogP contribution in [0.1, 0.15) is 10.4 Å². The molecule has 3 nitrogen and oxygen atoms in total. The number of hydrogen-bond acceptors (Lipinski definition) is 3. The minimum atomic E-state index is -0.473. The topological polar surface area (TPSA) is 43.4 Å². The summed E-state index contributed by atoms with van der Waals surface area (Å²) in [5.41, 5.74) is 0.571. The van der Waals surface area contributed by atoms with Gasteiger partial charge in [0, 0.05) is 0 Å². The fourth-order valence-electron chi connectivity index (χ4n) is 1.44. The summed E-state index contributed by atoms with van der Waals surface area (Å²) in [6.45, 7) is 0. The normalized spacial score (nSPS) is 10.1. The van der Waals surface area contributed by atoms with Crippen molar-refractivity contribution in [2.75, 3.05) is 0 Å². The molecule has 0 aliphatic heterocycles.